The van der Waals surface area contributed by atoms with Crippen LogP contribution < -0.4 is 10.6 Å². The molecule has 2 aliphatic rings. The van der Waals surface area contributed by atoms with Crippen molar-refractivity contribution in [1.82, 2.24) is 40.7 Å². The minimum atomic E-state index is -1.32. The number of nitrogens with one attached hydrogen (secondary N) is 2. The molecule has 1 fully saturated rings. The van der Waals surface area contributed by atoms with Crippen LogP contribution in [0.25, 0.3) is 0 Å². The molecule has 220 valence electrons. The number of nitrogens with zero attached hydrogens (tertiary/aromatic N) is 6. The van der Waals surface area contributed by atoms with Gasteiger partial charge in [0, 0.05) is 36.5 Å². The van der Waals surface area contributed by atoms with Gasteiger partial charge in [0.25, 0.3) is 11.8 Å². The zero-order valence-electron chi connectivity index (χ0n) is 22.1. The number of pyridine rings is 1. The van der Waals surface area contributed by atoms with E-state index in [0.717, 1.165) is 4.90 Å². The van der Waals surface area contributed by atoms with Crippen LogP contribution in [0.2, 0.25) is 0 Å². The summed E-state index contributed by atoms with van der Waals surface area (Å²) in [5, 5.41) is 46.0. The van der Waals surface area contributed by atoms with Gasteiger partial charge < -0.3 is 26.0 Å². The first-order chi connectivity index (χ1) is 20.0. The third-order valence-electron chi connectivity index (χ3n) is 6.53. The first-order valence-electron chi connectivity index (χ1n) is 12.4. The number of fused-ring (bicyclic) bond motifs is 1. The molecule has 5 N–H and O–H groups in total. The molecule has 1 saturated heterocycles. The van der Waals surface area contributed by atoms with Crippen LogP contribution in [-0.4, -0.2) is 122 Å². The number of hydrogen-bond donors (Lipinski definition) is 5. The summed E-state index contributed by atoms with van der Waals surface area (Å²) in [6, 6.07) is 4.45. The van der Waals surface area contributed by atoms with Crippen LogP contribution in [-0.2, 0) is 21.4 Å². The number of β-lactam (4-membered cyclic amide) rings is 1. The topological polar surface area (TPSA) is 213 Å². The van der Waals surface area contributed by atoms with Crippen molar-refractivity contribution in [2.75, 3.05) is 11.5 Å². The summed E-state index contributed by atoms with van der Waals surface area (Å²) in [7, 11) is 1.65. The zero-order chi connectivity index (χ0) is 30.1. The predicted octanol–water partition coefficient (Wildman–Crippen LogP) is -0.322. The van der Waals surface area contributed by atoms with E-state index in [1.54, 1.807) is 14.0 Å². The summed E-state index contributed by atoms with van der Waals surface area (Å²) in [4.78, 5) is 57.1. The quantitative estimate of drug-likeness (QED) is 0.116. The standard InChI is InChI=1S/C25H24N8O7S2.Na.H/c1-11-7-16(35)15(8-26-11)20(36)27-17(12-3-5-14(34)6-4-12)21(37)28-18-22(38)33-19(24(39)40)13(9-41-23(18)33)10-42-25-29-30-31-32(25)2;;/h3-8,17-18,23,34H,9-10H2,1-2H3,(H,26,35)(H,27,36)(H,28,37)(H,39,40);;/t17-,18-,23-;;/m1../s1. The van der Waals surface area contributed by atoms with Gasteiger partial charge in [-0.25, -0.2) is 9.48 Å². The number of phenols is 1. The Morgan fingerprint density at radius 2 is 1.93 bits per heavy atom. The SMILES string of the molecule is Cc1cc(O)c(C(=O)N[C@@H](C(=O)N[C@@H]2C(=O)N3C(C(=O)O)=C(CSc4nnnn4C)CS[C@H]23)c2ccc(O)cc2)cn1.[NaH]. The van der Waals surface area contributed by atoms with Gasteiger partial charge in [0.2, 0.25) is 11.1 Å². The van der Waals surface area contributed by atoms with Crippen molar-refractivity contribution in [3.63, 3.8) is 0 Å². The number of thioether (sulfide) groups is 2. The van der Waals surface area contributed by atoms with Crippen molar-refractivity contribution >= 4 is 76.8 Å². The number of phenolic OH excluding ortho intramolecular Hbond substituents is 1. The maximum atomic E-state index is 13.5. The van der Waals surface area contributed by atoms with Crippen LogP contribution in [0, 0.1) is 6.92 Å². The molecule has 0 bridgehead atoms. The van der Waals surface area contributed by atoms with E-state index in [-0.39, 0.29) is 58.1 Å². The number of carbonyl (C=O) groups is 4. The van der Waals surface area contributed by atoms with E-state index in [1.807, 2.05) is 0 Å². The molecule has 2 aromatic heterocycles. The summed E-state index contributed by atoms with van der Waals surface area (Å²) in [5.74, 6) is -3.29. The Labute approximate surface area is 274 Å². The number of rotatable bonds is 9. The molecule has 3 atom stereocenters. The van der Waals surface area contributed by atoms with Crippen LogP contribution in [0.15, 0.2) is 53.0 Å². The summed E-state index contributed by atoms with van der Waals surface area (Å²) >= 11 is 2.53. The number of aromatic nitrogens is 5. The van der Waals surface area contributed by atoms with E-state index in [2.05, 4.69) is 31.1 Å². The Morgan fingerprint density at radius 1 is 1.21 bits per heavy atom. The molecule has 1 aromatic carbocycles. The first kappa shape index (κ1) is 32.3. The maximum absolute atomic E-state index is 13.5. The van der Waals surface area contributed by atoms with Gasteiger partial charge in [0.1, 0.15) is 34.7 Å². The minimum absolute atomic E-state index is 0. The van der Waals surface area contributed by atoms with Gasteiger partial charge in [0.15, 0.2) is 0 Å². The van der Waals surface area contributed by atoms with Crippen LogP contribution in [0.4, 0.5) is 0 Å². The Hall–Kier alpha value is -3.64. The number of carboxylic acids is 1. The molecule has 0 saturated carbocycles. The molecule has 0 radical (unpaired) electrons. The second-order valence-corrected chi connectivity index (χ2v) is 11.4. The number of aliphatic carboxylic acids is 1. The average molecular weight is 637 g/mol. The number of carbonyl (C=O) groups excluding carboxylic acids is 3. The molecule has 15 nitrogen and oxygen atoms in total. The number of tetrazole rings is 1. The number of benzene rings is 1. The molecular formula is C25H25N8NaO7S2. The molecular weight excluding hydrogens is 611 g/mol. The fourth-order valence-corrected chi connectivity index (χ4v) is 6.76. The van der Waals surface area contributed by atoms with E-state index < -0.39 is 41.1 Å². The van der Waals surface area contributed by atoms with E-state index in [1.165, 1.54) is 64.7 Å². The third kappa shape index (κ3) is 6.65. The predicted molar refractivity (Wildman–Crippen MR) is 155 cm³/mol. The summed E-state index contributed by atoms with van der Waals surface area (Å²) in [6.07, 6.45) is 1.17. The van der Waals surface area contributed by atoms with Crippen molar-refractivity contribution in [1.29, 1.82) is 0 Å². The molecule has 2 aliphatic heterocycles. The van der Waals surface area contributed by atoms with E-state index in [0.29, 0.717) is 27.7 Å². The second kappa shape index (κ2) is 13.3. The van der Waals surface area contributed by atoms with Crippen LogP contribution in [0.5, 0.6) is 11.5 Å². The summed E-state index contributed by atoms with van der Waals surface area (Å²) in [6.45, 7) is 1.64. The third-order valence-corrected chi connectivity index (χ3v) is 8.97. The number of aromatic hydroxyl groups is 2. The Kier molecular flexibility index (Phi) is 10.0. The zero-order valence-corrected chi connectivity index (χ0v) is 23.7. The number of carboxylic acid groups (broad SMARTS) is 1. The van der Waals surface area contributed by atoms with Gasteiger partial charge in [0.05, 0.1) is 5.56 Å². The molecule has 0 spiro atoms. The van der Waals surface area contributed by atoms with Crippen molar-refractivity contribution in [3.05, 3.63) is 64.6 Å². The monoisotopic (exact) mass is 636 g/mol. The van der Waals surface area contributed by atoms with Gasteiger partial charge in [-0.3, -0.25) is 24.3 Å². The second-order valence-electron chi connectivity index (χ2n) is 9.37. The van der Waals surface area contributed by atoms with E-state index >= 15 is 0 Å². The first-order valence-corrected chi connectivity index (χ1v) is 14.4. The van der Waals surface area contributed by atoms with Crippen molar-refractivity contribution in [2.45, 2.75) is 29.5 Å². The number of amides is 3. The van der Waals surface area contributed by atoms with Crippen molar-refractivity contribution < 1.29 is 34.5 Å². The number of hydrogen-bond acceptors (Lipinski definition) is 12. The fourth-order valence-electron chi connectivity index (χ4n) is 4.42. The van der Waals surface area contributed by atoms with Gasteiger partial charge in [-0.15, -0.1) is 16.9 Å². The van der Waals surface area contributed by atoms with Crippen LogP contribution in [0.3, 0.4) is 0 Å². The molecule has 0 unspecified atom stereocenters. The summed E-state index contributed by atoms with van der Waals surface area (Å²) < 4.78 is 1.45. The van der Waals surface area contributed by atoms with Gasteiger partial charge in [-0.05, 0) is 40.6 Å². The van der Waals surface area contributed by atoms with Gasteiger partial charge >= 0.3 is 35.5 Å². The Morgan fingerprint density at radius 3 is 2.56 bits per heavy atom. The van der Waals surface area contributed by atoms with Crippen molar-refractivity contribution in [3.8, 4) is 11.5 Å². The molecule has 3 aromatic rings. The van der Waals surface area contributed by atoms with Crippen LogP contribution >= 0.6 is 23.5 Å². The number of aryl methyl sites for hydroxylation is 2. The Balaban J connectivity index is 0.00000423. The Bertz CT molecular complexity index is 1620. The molecule has 5 rings (SSSR count). The molecule has 18 heteroatoms. The van der Waals surface area contributed by atoms with Gasteiger partial charge in [-0.1, -0.05) is 23.9 Å². The van der Waals surface area contributed by atoms with Crippen molar-refractivity contribution in [2.24, 2.45) is 7.05 Å². The van der Waals surface area contributed by atoms with Gasteiger partial charge in [-0.2, -0.15) is 0 Å². The molecule has 0 aliphatic carbocycles. The average Bonchev–Trinajstić information content (AvgIpc) is 3.37. The normalized spacial score (nSPS) is 18.2. The summed E-state index contributed by atoms with van der Waals surface area (Å²) in [5.41, 5.74) is 0.974. The van der Waals surface area contributed by atoms with E-state index in [9.17, 15) is 34.5 Å². The van der Waals surface area contributed by atoms with Crippen LogP contribution in [0.1, 0.15) is 27.7 Å². The van der Waals surface area contributed by atoms with E-state index in [4.69, 9.17) is 0 Å². The molecule has 4 heterocycles. The molecule has 43 heavy (non-hydrogen) atoms. The molecule has 3 amide bonds. The fraction of sp³-hybridized carbons (Fsp3) is 0.280.